The van der Waals surface area contributed by atoms with Crippen molar-refractivity contribution < 1.29 is 14.3 Å². The lowest BCUT2D eigenvalue weighted by Gasteiger charge is -2.12. The molecule has 0 aliphatic rings. The van der Waals surface area contributed by atoms with Crippen molar-refractivity contribution in [3.63, 3.8) is 0 Å². The smallest absolute Gasteiger partial charge is 0.397 e. The number of H-pyrrole nitrogens is 1. The van der Waals surface area contributed by atoms with Crippen molar-refractivity contribution in [2.45, 2.75) is 0 Å². The Morgan fingerprint density at radius 1 is 1.54 bits per heavy atom. The first kappa shape index (κ1) is 9.31. The summed E-state index contributed by atoms with van der Waals surface area (Å²) in [5.41, 5.74) is 0.621. The van der Waals surface area contributed by atoms with E-state index in [0.29, 0.717) is 5.69 Å². The first-order valence-corrected chi connectivity index (χ1v) is 3.65. The minimum absolute atomic E-state index is 0.621. The van der Waals surface area contributed by atoms with Gasteiger partial charge in [-0.15, -0.1) is 0 Å². The molecule has 0 unspecified atom stereocenters. The van der Waals surface area contributed by atoms with Crippen molar-refractivity contribution >= 4 is 17.6 Å². The third kappa shape index (κ3) is 1.87. The van der Waals surface area contributed by atoms with Crippen molar-refractivity contribution in [1.82, 2.24) is 4.98 Å². The number of aromatic nitrogens is 1. The van der Waals surface area contributed by atoms with Crippen LogP contribution < -0.4 is 4.90 Å². The van der Waals surface area contributed by atoms with Gasteiger partial charge in [0.15, 0.2) is 0 Å². The SMILES string of the molecule is COC(=O)C(=O)N(C)c1cc[nH]c1. The van der Waals surface area contributed by atoms with Gasteiger partial charge in [0.05, 0.1) is 12.8 Å². The molecule has 0 radical (unpaired) electrons. The molecule has 1 aromatic heterocycles. The van der Waals surface area contributed by atoms with Crippen LogP contribution in [0.3, 0.4) is 0 Å². The number of carbonyl (C=O) groups is 2. The van der Waals surface area contributed by atoms with Gasteiger partial charge >= 0.3 is 11.9 Å². The fourth-order valence-electron chi connectivity index (χ4n) is 0.865. The molecule has 1 N–H and O–H groups in total. The summed E-state index contributed by atoms with van der Waals surface area (Å²) in [5, 5.41) is 0. The number of carbonyl (C=O) groups excluding carboxylic acids is 2. The molecule has 70 valence electrons. The highest BCUT2D eigenvalue weighted by molar-refractivity contribution is 6.37. The van der Waals surface area contributed by atoms with E-state index in [4.69, 9.17) is 0 Å². The highest BCUT2D eigenvalue weighted by Crippen LogP contribution is 2.10. The molecular weight excluding hydrogens is 172 g/mol. The maximum atomic E-state index is 11.2. The number of rotatable bonds is 1. The summed E-state index contributed by atoms with van der Waals surface area (Å²) in [4.78, 5) is 26.0. The van der Waals surface area contributed by atoms with Crippen LogP contribution in [0.15, 0.2) is 18.5 Å². The minimum atomic E-state index is -0.872. The fraction of sp³-hybridized carbons (Fsp3) is 0.250. The summed E-state index contributed by atoms with van der Waals surface area (Å²) < 4.78 is 4.29. The number of aromatic amines is 1. The third-order valence-electron chi connectivity index (χ3n) is 1.63. The van der Waals surface area contributed by atoms with Gasteiger partial charge in [-0.1, -0.05) is 0 Å². The van der Waals surface area contributed by atoms with E-state index < -0.39 is 11.9 Å². The molecule has 5 nitrogen and oxygen atoms in total. The van der Waals surface area contributed by atoms with Crippen LogP contribution >= 0.6 is 0 Å². The Morgan fingerprint density at radius 2 is 2.23 bits per heavy atom. The van der Waals surface area contributed by atoms with E-state index in [1.165, 1.54) is 19.1 Å². The van der Waals surface area contributed by atoms with E-state index in [1.807, 2.05) is 0 Å². The molecule has 0 saturated heterocycles. The van der Waals surface area contributed by atoms with Gasteiger partial charge < -0.3 is 14.6 Å². The Kier molecular flexibility index (Phi) is 2.69. The predicted octanol–water partition coefficient (Wildman–Crippen LogP) is 0.150. The van der Waals surface area contributed by atoms with Crippen LogP contribution in [0.2, 0.25) is 0 Å². The van der Waals surface area contributed by atoms with Crippen molar-refractivity contribution in [3.05, 3.63) is 18.5 Å². The number of esters is 1. The number of ether oxygens (including phenoxy) is 1. The Labute approximate surface area is 75.3 Å². The van der Waals surface area contributed by atoms with Crippen LogP contribution in [0.25, 0.3) is 0 Å². The van der Waals surface area contributed by atoms with Gasteiger partial charge in [-0.05, 0) is 6.07 Å². The van der Waals surface area contributed by atoms with Crippen LogP contribution in [-0.4, -0.2) is 31.0 Å². The zero-order valence-corrected chi connectivity index (χ0v) is 7.40. The number of nitrogens with zero attached hydrogens (tertiary/aromatic N) is 1. The number of anilines is 1. The van der Waals surface area contributed by atoms with Gasteiger partial charge in [0, 0.05) is 19.4 Å². The number of hydrogen-bond acceptors (Lipinski definition) is 3. The van der Waals surface area contributed by atoms with Gasteiger partial charge in [-0.25, -0.2) is 4.79 Å². The maximum Gasteiger partial charge on any atom is 0.397 e. The molecule has 1 aromatic rings. The quantitative estimate of drug-likeness (QED) is 0.496. The molecule has 0 bridgehead atoms. The second-order valence-corrected chi connectivity index (χ2v) is 2.42. The summed E-state index contributed by atoms with van der Waals surface area (Å²) in [7, 11) is 2.67. The second-order valence-electron chi connectivity index (χ2n) is 2.42. The highest BCUT2D eigenvalue weighted by Gasteiger charge is 2.20. The lowest BCUT2D eigenvalue weighted by molar-refractivity contribution is -0.151. The number of nitrogens with one attached hydrogen (secondary N) is 1. The molecule has 0 saturated carbocycles. The van der Waals surface area contributed by atoms with Gasteiger partial charge in [-0.2, -0.15) is 0 Å². The average Bonchev–Trinajstić information content (AvgIpc) is 2.67. The third-order valence-corrected chi connectivity index (χ3v) is 1.63. The molecule has 5 heteroatoms. The number of methoxy groups -OCH3 is 1. The summed E-state index contributed by atoms with van der Waals surface area (Å²) in [5.74, 6) is -1.56. The fourth-order valence-corrected chi connectivity index (χ4v) is 0.865. The van der Waals surface area contributed by atoms with Crippen molar-refractivity contribution in [1.29, 1.82) is 0 Å². The summed E-state index contributed by atoms with van der Waals surface area (Å²) in [6.07, 6.45) is 3.28. The van der Waals surface area contributed by atoms with E-state index in [1.54, 1.807) is 18.5 Å². The van der Waals surface area contributed by atoms with E-state index in [2.05, 4.69) is 9.72 Å². The topological polar surface area (TPSA) is 62.4 Å². The highest BCUT2D eigenvalue weighted by atomic mass is 16.5. The van der Waals surface area contributed by atoms with E-state index in [0.717, 1.165) is 0 Å². The molecule has 13 heavy (non-hydrogen) atoms. The summed E-state index contributed by atoms with van der Waals surface area (Å²) >= 11 is 0. The standard InChI is InChI=1S/C8H10N2O3/c1-10(6-3-4-9-5-6)7(11)8(12)13-2/h3-5,9H,1-2H3. The van der Waals surface area contributed by atoms with Gasteiger partial charge in [0.2, 0.25) is 0 Å². The zero-order valence-electron chi connectivity index (χ0n) is 7.40. The Balaban J connectivity index is 2.74. The Morgan fingerprint density at radius 3 is 2.69 bits per heavy atom. The van der Waals surface area contributed by atoms with E-state index in [9.17, 15) is 9.59 Å². The monoisotopic (exact) mass is 182 g/mol. The Bertz CT molecular complexity index is 305. The van der Waals surface area contributed by atoms with E-state index in [-0.39, 0.29) is 0 Å². The van der Waals surface area contributed by atoms with Gasteiger partial charge in [0.25, 0.3) is 0 Å². The van der Waals surface area contributed by atoms with Crippen LogP contribution in [0.5, 0.6) is 0 Å². The Hall–Kier alpha value is -1.78. The first-order valence-electron chi connectivity index (χ1n) is 3.65. The summed E-state index contributed by atoms with van der Waals surface area (Å²) in [6.45, 7) is 0. The molecular formula is C8H10N2O3. The van der Waals surface area contributed by atoms with Crippen molar-refractivity contribution in [3.8, 4) is 0 Å². The first-order chi connectivity index (χ1) is 6.16. The van der Waals surface area contributed by atoms with E-state index >= 15 is 0 Å². The zero-order chi connectivity index (χ0) is 9.84. The molecule has 0 aliphatic carbocycles. The lowest BCUT2D eigenvalue weighted by Crippen LogP contribution is -2.33. The molecule has 0 aliphatic heterocycles. The molecule has 1 amide bonds. The van der Waals surface area contributed by atoms with Crippen LogP contribution in [-0.2, 0) is 14.3 Å². The van der Waals surface area contributed by atoms with Gasteiger partial charge in [0.1, 0.15) is 0 Å². The van der Waals surface area contributed by atoms with Crippen molar-refractivity contribution in [2.24, 2.45) is 0 Å². The molecule has 0 spiro atoms. The largest absolute Gasteiger partial charge is 0.462 e. The minimum Gasteiger partial charge on any atom is -0.462 e. The second kappa shape index (κ2) is 3.75. The normalized spacial score (nSPS) is 9.38. The van der Waals surface area contributed by atoms with Crippen LogP contribution in [0, 0.1) is 0 Å². The van der Waals surface area contributed by atoms with Gasteiger partial charge in [-0.3, -0.25) is 4.79 Å². The maximum absolute atomic E-state index is 11.2. The molecule has 1 rings (SSSR count). The predicted molar refractivity (Wildman–Crippen MR) is 46.2 cm³/mol. The number of hydrogen-bond donors (Lipinski definition) is 1. The molecule has 0 fully saturated rings. The van der Waals surface area contributed by atoms with Crippen molar-refractivity contribution in [2.75, 3.05) is 19.1 Å². The molecule has 0 atom stereocenters. The lowest BCUT2D eigenvalue weighted by atomic mass is 10.4. The number of amides is 1. The summed E-state index contributed by atoms with van der Waals surface area (Å²) in [6, 6.07) is 1.68. The molecule has 1 heterocycles. The van der Waals surface area contributed by atoms with Crippen LogP contribution in [0.4, 0.5) is 5.69 Å². The molecule has 0 aromatic carbocycles. The van der Waals surface area contributed by atoms with Crippen LogP contribution in [0.1, 0.15) is 0 Å². The number of likely N-dealkylation sites (N-methyl/N-ethyl adjacent to an activating group) is 1. The average molecular weight is 182 g/mol.